The minimum Gasteiger partial charge on any atom is -0.337 e. The molecule has 2 fully saturated rings. The predicted molar refractivity (Wildman–Crippen MR) is 65.5 cm³/mol. The highest BCUT2D eigenvalue weighted by Gasteiger charge is 2.36. The summed E-state index contributed by atoms with van der Waals surface area (Å²) in [7, 11) is -1.45. The maximum Gasteiger partial charge on any atom is 0.241 e. The second-order valence-electron chi connectivity index (χ2n) is 4.93. The molecule has 2 aliphatic rings. The first-order valence-electron chi connectivity index (χ1n) is 6.21. The lowest BCUT2D eigenvalue weighted by Crippen LogP contribution is -2.49. The molecule has 0 spiro atoms. The van der Waals surface area contributed by atoms with Crippen LogP contribution in [0.3, 0.4) is 0 Å². The van der Waals surface area contributed by atoms with Crippen LogP contribution in [0.25, 0.3) is 0 Å². The van der Waals surface area contributed by atoms with Gasteiger partial charge in [-0.25, -0.2) is 8.42 Å². The standard InChI is InChI=1S/C11H20N2O3S/c1-12-10-8-17(15,16)7-6-13(11(10)14)9-4-2-3-5-9/h9-10,12H,2-8H2,1H3. The molecule has 17 heavy (non-hydrogen) atoms. The number of amides is 1. The van der Waals surface area contributed by atoms with E-state index < -0.39 is 15.9 Å². The third kappa shape index (κ3) is 2.80. The number of carbonyl (C=O) groups excluding carboxylic acids is 1. The van der Waals surface area contributed by atoms with Crippen LogP contribution in [0.5, 0.6) is 0 Å². The number of rotatable bonds is 2. The lowest BCUT2D eigenvalue weighted by molar-refractivity contribution is -0.134. The van der Waals surface area contributed by atoms with E-state index in [1.807, 2.05) is 0 Å². The van der Waals surface area contributed by atoms with E-state index in [-0.39, 0.29) is 23.5 Å². The zero-order valence-electron chi connectivity index (χ0n) is 10.2. The van der Waals surface area contributed by atoms with Crippen molar-refractivity contribution < 1.29 is 13.2 Å². The predicted octanol–water partition coefficient (Wildman–Crippen LogP) is -0.226. The quantitative estimate of drug-likeness (QED) is 0.745. The number of nitrogens with one attached hydrogen (secondary N) is 1. The van der Waals surface area contributed by atoms with Crippen LogP contribution in [0, 0.1) is 0 Å². The monoisotopic (exact) mass is 260 g/mol. The molecule has 98 valence electrons. The van der Waals surface area contributed by atoms with Gasteiger partial charge in [0.05, 0.1) is 11.5 Å². The maximum absolute atomic E-state index is 12.3. The van der Waals surface area contributed by atoms with Crippen LogP contribution >= 0.6 is 0 Å². The molecule has 1 atom stereocenters. The van der Waals surface area contributed by atoms with E-state index in [4.69, 9.17) is 0 Å². The molecule has 1 saturated heterocycles. The van der Waals surface area contributed by atoms with Gasteiger partial charge in [-0.15, -0.1) is 0 Å². The van der Waals surface area contributed by atoms with Crippen molar-refractivity contribution in [3.8, 4) is 0 Å². The van der Waals surface area contributed by atoms with E-state index in [9.17, 15) is 13.2 Å². The second-order valence-corrected chi connectivity index (χ2v) is 7.15. The fourth-order valence-electron chi connectivity index (χ4n) is 2.74. The summed E-state index contributed by atoms with van der Waals surface area (Å²) in [5.74, 6) is -0.000579. The fraction of sp³-hybridized carbons (Fsp3) is 0.909. The molecule has 1 N–H and O–H groups in total. The summed E-state index contributed by atoms with van der Waals surface area (Å²) in [6.07, 6.45) is 4.32. The van der Waals surface area contributed by atoms with E-state index in [1.54, 1.807) is 11.9 Å². The second kappa shape index (κ2) is 4.94. The van der Waals surface area contributed by atoms with Gasteiger partial charge in [-0.2, -0.15) is 0 Å². The van der Waals surface area contributed by atoms with Crippen LogP contribution in [0.1, 0.15) is 25.7 Å². The molecule has 1 aliphatic heterocycles. The Bertz CT molecular complexity index is 388. The Labute approximate surface area is 102 Å². The lowest BCUT2D eigenvalue weighted by atomic mass is 10.1. The third-order valence-electron chi connectivity index (χ3n) is 3.76. The van der Waals surface area contributed by atoms with Crippen molar-refractivity contribution in [1.82, 2.24) is 10.2 Å². The van der Waals surface area contributed by atoms with E-state index in [0.717, 1.165) is 25.7 Å². The van der Waals surface area contributed by atoms with Gasteiger partial charge in [-0.05, 0) is 19.9 Å². The van der Waals surface area contributed by atoms with Crippen molar-refractivity contribution in [2.75, 3.05) is 25.1 Å². The molecule has 0 aromatic rings. The minimum atomic E-state index is -3.10. The zero-order valence-corrected chi connectivity index (χ0v) is 11.0. The van der Waals surface area contributed by atoms with E-state index in [0.29, 0.717) is 6.54 Å². The van der Waals surface area contributed by atoms with E-state index in [1.165, 1.54) is 0 Å². The summed E-state index contributed by atoms with van der Waals surface area (Å²) in [6, 6.07) is -0.310. The summed E-state index contributed by atoms with van der Waals surface area (Å²) >= 11 is 0. The SMILES string of the molecule is CNC1CS(=O)(=O)CCN(C2CCCC2)C1=O. The Hall–Kier alpha value is -0.620. The molecule has 5 nitrogen and oxygen atoms in total. The van der Waals surface area contributed by atoms with Crippen LogP contribution in [-0.4, -0.2) is 56.4 Å². The van der Waals surface area contributed by atoms with Gasteiger partial charge in [-0.3, -0.25) is 4.79 Å². The highest BCUT2D eigenvalue weighted by atomic mass is 32.2. The summed E-state index contributed by atoms with van der Waals surface area (Å²) < 4.78 is 23.5. The highest BCUT2D eigenvalue weighted by Crippen LogP contribution is 2.25. The van der Waals surface area contributed by atoms with Gasteiger partial charge in [0, 0.05) is 12.6 Å². The number of sulfone groups is 1. The first kappa shape index (κ1) is 12.8. The number of carbonyl (C=O) groups is 1. The Morgan fingerprint density at radius 2 is 1.94 bits per heavy atom. The summed E-state index contributed by atoms with van der Waals surface area (Å²) in [6.45, 7) is 0.365. The molecule has 0 aromatic carbocycles. The molecule has 0 bridgehead atoms. The third-order valence-corrected chi connectivity index (χ3v) is 5.40. The molecular formula is C11H20N2O3S. The van der Waals surface area contributed by atoms with Crippen molar-refractivity contribution in [3.05, 3.63) is 0 Å². The number of hydrogen-bond donors (Lipinski definition) is 1. The van der Waals surface area contributed by atoms with Gasteiger partial charge in [0.2, 0.25) is 5.91 Å². The summed E-state index contributed by atoms with van der Waals surface area (Å²) in [5.41, 5.74) is 0. The minimum absolute atomic E-state index is 0.0412. The number of nitrogens with zero attached hydrogens (tertiary/aromatic N) is 1. The molecule has 1 heterocycles. The Kier molecular flexibility index (Phi) is 3.73. The molecular weight excluding hydrogens is 240 g/mol. The Balaban J connectivity index is 2.18. The average Bonchev–Trinajstić information content (AvgIpc) is 2.75. The topological polar surface area (TPSA) is 66.5 Å². The van der Waals surface area contributed by atoms with Crippen molar-refractivity contribution >= 4 is 15.7 Å². The first-order chi connectivity index (χ1) is 8.03. The molecule has 2 rings (SSSR count). The van der Waals surface area contributed by atoms with Crippen LogP contribution in [0.4, 0.5) is 0 Å². The number of hydrogen-bond acceptors (Lipinski definition) is 4. The molecule has 1 unspecified atom stereocenters. The van der Waals surface area contributed by atoms with Gasteiger partial charge in [0.1, 0.15) is 6.04 Å². The molecule has 0 radical (unpaired) electrons. The first-order valence-corrected chi connectivity index (χ1v) is 8.04. The Morgan fingerprint density at radius 1 is 1.29 bits per heavy atom. The average molecular weight is 260 g/mol. The van der Waals surface area contributed by atoms with Crippen LogP contribution in [-0.2, 0) is 14.6 Å². The van der Waals surface area contributed by atoms with Crippen molar-refractivity contribution in [1.29, 1.82) is 0 Å². The van der Waals surface area contributed by atoms with Gasteiger partial charge < -0.3 is 10.2 Å². The van der Waals surface area contributed by atoms with Gasteiger partial charge in [0.25, 0.3) is 0 Å². The Morgan fingerprint density at radius 3 is 2.53 bits per heavy atom. The van der Waals surface area contributed by atoms with Crippen molar-refractivity contribution in [3.63, 3.8) is 0 Å². The summed E-state index contributed by atoms with van der Waals surface area (Å²) in [5, 5.41) is 2.83. The summed E-state index contributed by atoms with van der Waals surface area (Å²) in [4.78, 5) is 14.0. The molecule has 1 amide bonds. The normalized spacial score (nSPS) is 30.5. The van der Waals surface area contributed by atoms with Crippen molar-refractivity contribution in [2.24, 2.45) is 0 Å². The maximum atomic E-state index is 12.3. The zero-order chi connectivity index (χ0) is 12.5. The van der Waals surface area contributed by atoms with Gasteiger partial charge in [-0.1, -0.05) is 12.8 Å². The van der Waals surface area contributed by atoms with Crippen molar-refractivity contribution in [2.45, 2.75) is 37.8 Å². The van der Waals surface area contributed by atoms with Crippen LogP contribution < -0.4 is 5.32 Å². The molecule has 1 aliphatic carbocycles. The number of likely N-dealkylation sites (N-methyl/N-ethyl adjacent to an activating group) is 1. The van der Waals surface area contributed by atoms with Crippen LogP contribution in [0.2, 0.25) is 0 Å². The fourth-order valence-corrected chi connectivity index (χ4v) is 4.20. The van der Waals surface area contributed by atoms with E-state index in [2.05, 4.69) is 5.32 Å². The van der Waals surface area contributed by atoms with Gasteiger partial charge in [0.15, 0.2) is 9.84 Å². The smallest absolute Gasteiger partial charge is 0.241 e. The molecule has 0 aromatic heterocycles. The molecule has 1 saturated carbocycles. The largest absolute Gasteiger partial charge is 0.337 e. The van der Waals surface area contributed by atoms with E-state index >= 15 is 0 Å². The lowest BCUT2D eigenvalue weighted by Gasteiger charge is -2.29. The van der Waals surface area contributed by atoms with Gasteiger partial charge >= 0.3 is 0 Å². The van der Waals surface area contributed by atoms with Crippen LogP contribution in [0.15, 0.2) is 0 Å². The highest BCUT2D eigenvalue weighted by molar-refractivity contribution is 7.91. The molecule has 6 heteroatoms.